The Morgan fingerprint density at radius 1 is 1.33 bits per heavy atom. The summed E-state index contributed by atoms with van der Waals surface area (Å²) in [6.45, 7) is 0.713. The van der Waals surface area contributed by atoms with Crippen LogP contribution in [0.4, 0.5) is 0 Å². The van der Waals surface area contributed by atoms with Crippen molar-refractivity contribution in [1.29, 1.82) is 0 Å². The molecule has 1 aromatic heterocycles. The van der Waals surface area contributed by atoms with Crippen LogP contribution < -0.4 is 4.74 Å². The van der Waals surface area contributed by atoms with Gasteiger partial charge in [0.25, 0.3) is 0 Å². The molecule has 1 unspecified atom stereocenters. The van der Waals surface area contributed by atoms with Crippen LogP contribution >= 0.6 is 11.6 Å². The van der Waals surface area contributed by atoms with E-state index >= 15 is 0 Å². The number of ether oxygens (including phenoxy) is 1. The molecule has 0 fully saturated rings. The van der Waals surface area contributed by atoms with Crippen molar-refractivity contribution >= 4 is 11.6 Å². The van der Waals surface area contributed by atoms with E-state index in [2.05, 4.69) is 4.98 Å². The molecule has 92 valence electrons. The summed E-state index contributed by atoms with van der Waals surface area (Å²) >= 11 is 6.04. The van der Waals surface area contributed by atoms with E-state index in [4.69, 9.17) is 16.3 Å². The van der Waals surface area contributed by atoms with Gasteiger partial charge in [-0.2, -0.15) is 0 Å². The Balaban J connectivity index is 1.98. The second-order valence-electron chi connectivity index (χ2n) is 4.27. The topological polar surface area (TPSA) is 42.4 Å². The molecule has 0 radical (unpaired) electrons. The van der Waals surface area contributed by atoms with Crippen LogP contribution in [0.1, 0.15) is 22.8 Å². The van der Waals surface area contributed by atoms with Crippen LogP contribution in [0.3, 0.4) is 0 Å². The van der Waals surface area contributed by atoms with Gasteiger partial charge in [-0.05, 0) is 29.3 Å². The minimum Gasteiger partial charge on any atom is -0.493 e. The first kappa shape index (κ1) is 11.5. The zero-order valence-corrected chi connectivity index (χ0v) is 10.4. The number of nitrogens with zero attached hydrogens (tertiary/aromatic N) is 1. The molecule has 18 heavy (non-hydrogen) atoms. The van der Waals surface area contributed by atoms with Gasteiger partial charge in [0.2, 0.25) is 0 Å². The summed E-state index contributed by atoms with van der Waals surface area (Å²) in [5, 5.41) is 10.8. The van der Waals surface area contributed by atoms with Crippen molar-refractivity contribution < 1.29 is 9.84 Å². The highest BCUT2D eigenvalue weighted by Crippen LogP contribution is 2.32. The third-order valence-electron chi connectivity index (χ3n) is 3.13. The molecule has 0 saturated heterocycles. The molecule has 2 heterocycles. The average Bonchev–Trinajstić information content (AvgIpc) is 2.85. The summed E-state index contributed by atoms with van der Waals surface area (Å²) in [6, 6.07) is 7.47. The Bertz CT molecular complexity index is 586. The smallest absolute Gasteiger partial charge is 0.122 e. The maximum absolute atomic E-state index is 10.4. The molecule has 0 spiro atoms. The van der Waals surface area contributed by atoms with Crippen LogP contribution in [0.5, 0.6) is 5.75 Å². The molecule has 0 aliphatic carbocycles. The Kier molecular flexibility index (Phi) is 2.94. The number of pyridine rings is 1. The Labute approximate surface area is 110 Å². The summed E-state index contributed by atoms with van der Waals surface area (Å²) < 4.78 is 5.44. The van der Waals surface area contributed by atoms with Gasteiger partial charge in [-0.1, -0.05) is 17.7 Å². The predicted molar refractivity (Wildman–Crippen MR) is 68.9 cm³/mol. The lowest BCUT2D eigenvalue weighted by molar-refractivity contribution is 0.220. The highest BCUT2D eigenvalue weighted by atomic mass is 35.5. The Morgan fingerprint density at radius 2 is 2.22 bits per heavy atom. The van der Waals surface area contributed by atoms with E-state index < -0.39 is 6.10 Å². The van der Waals surface area contributed by atoms with Gasteiger partial charge in [0.1, 0.15) is 11.9 Å². The van der Waals surface area contributed by atoms with E-state index in [9.17, 15) is 5.11 Å². The number of aliphatic hydroxyl groups is 1. The first-order valence-electron chi connectivity index (χ1n) is 5.79. The van der Waals surface area contributed by atoms with Gasteiger partial charge in [0.15, 0.2) is 0 Å². The minimum absolute atomic E-state index is 0.474. The van der Waals surface area contributed by atoms with E-state index in [1.54, 1.807) is 12.3 Å². The molecule has 1 N–H and O–H groups in total. The summed E-state index contributed by atoms with van der Waals surface area (Å²) in [5.41, 5.74) is 2.63. The van der Waals surface area contributed by atoms with Gasteiger partial charge in [-0.25, -0.2) is 0 Å². The standard InChI is InChI=1S/C14H12ClNO2/c15-12-8-16-5-3-11(12)14(17)10-1-2-13-9(7-10)4-6-18-13/h1-3,5,7-8,14,17H,4,6H2. The van der Waals surface area contributed by atoms with Crippen LogP contribution in [-0.4, -0.2) is 16.7 Å². The van der Waals surface area contributed by atoms with Crippen molar-refractivity contribution in [3.8, 4) is 5.75 Å². The lowest BCUT2D eigenvalue weighted by atomic mass is 9.99. The maximum Gasteiger partial charge on any atom is 0.122 e. The molecule has 2 aromatic rings. The fourth-order valence-corrected chi connectivity index (χ4v) is 2.39. The predicted octanol–water partition coefficient (Wildman–Crippen LogP) is 2.75. The van der Waals surface area contributed by atoms with Gasteiger partial charge in [-0.3, -0.25) is 4.98 Å². The molecular formula is C14H12ClNO2. The van der Waals surface area contributed by atoms with Crippen LogP contribution in [0, 0.1) is 0 Å². The molecular weight excluding hydrogens is 250 g/mol. The number of fused-ring (bicyclic) bond motifs is 1. The average molecular weight is 262 g/mol. The highest BCUT2D eigenvalue weighted by molar-refractivity contribution is 6.31. The van der Waals surface area contributed by atoms with Gasteiger partial charge in [0, 0.05) is 24.4 Å². The second kappa shape index (κ2) is 4.59. The molecule has 0 bridgehead atoms. The third kappa shape index (κ3) is 1.96. The lowest BCUT2D eigenvalue weighted by Gasteiger charge is -2.13. The molecule has 1 aliphatic heterocycles. The second-order valence-corrected chi connectivity index (χ2v) is 4.67. The fraction of sp³-hybridized carbons (Fsp3) is 0.214. The normalized spacial score (nSPS) is 15.0. The largest absolute Gasteiger partial charge is 0.493 e. The van der Waals surface area contributed by atoms with Crippen LogP contribution in [0.25, 0.3) is 0 Å². The van der Waals surface area contributed by atoms with Crippen molar-refractivity contribution in [3.63, 3.8) is 0 Å². The molecule has 0 amide bonds. The molecule has 4 heteroatoms. The van der Waals surface area contributed by atoms with Crippen molar-refractivity contribution in [2.24, 2.45) is 0 Å². The van der Waals surface area contributed by atoms with E-state index in [1.165, 1.54) is 6.20 Å². The summed E-state index contributed by atoms with van der Waals surface area (Å²) in [4.78, 5) is 3.92. The Hall–Kier alpha value is -1.58. The summed E-state index contributed by atoms with van der Waals surface area (Å²) in [6.07, 6.45) is 3.32. The Morgan fingerprint density at radius 3 is 3.06 bits per heavy atom. The zero-order chi connectivity index (χ0) is 12.5. The quantitative estimate of drug-likeness (QED) is 0.904. The molecule has 1 aromatic carbocycles. The van der Waals surface area contributed by atoms with Gasteiger partial charge < -0.3 is 9.84 Å². The number of benzene rings is 1. The van der Waals surface area contributed by atoms with Gasteiger partial charge in [0.05, 0.1) is 11.6 Å². The molecule has 3 rings (SSSR count). The first-order valence-corrected chi connectivity index (χ1v) is 6.16. The van der Waals surface area contributed by atoms with Gasteiger partial charge in [-0.15, -0.1) is 0 Å². The van der Waals surface area contributed by atoms with E-state index in [1.807, 2.05) is 18.2 Å². The van der Waals surface area contributed by atoms with Crippen molar-refractivity contribution in [1.82, 2.24) is 4.98 Å². The number of aliphatic hydroxyl groups excluding tert-OH is 1. The minimum atomic E-state index is -0.730. The lowest BCUT2D eigenvalue weighted by Crippen LogP contribution is -2.01. The number of rotatable bonds is 2. The number of aromatic nitrogens is 1. The SMILES string of the molecule is OC(c1ccc2c(c1)CCO2)c1ccncc1Cl. The van der Waals surface area contributed by atoms with E-state index in [0.717, 1.165) is 23.3 Å². The molecule has 1 atom stereocenters. The number of hydrogen-bond donors (Lipinski definition) is 1. The molecule has 3 nitrogen and oxygen atoms in total. The number of halogens is 1. The van der Waals surface area contributed by atoms with E-state index in [-0.39, 0.29) is 0 Å². The van der Waals surface area contributed by atoms with Crippen molar-refractivity contribution in [2.45, 2.75) is 12.5 Å². The van der Waals surface area contributed by atoms with Crippen LogP contribution in [0.2, 0.25) is 5.02 Å². The zero-order valence-electron chi connectivity index (χ0n) is 9.64. The number of hydrogen-bond acceptors (Lipinski definition) is 3. The van der Waals surface area contributed by atoms with Crippen LogP contribution in [0.15, 0.2) is 36.7 Å². The molecule has 1 aliphatic rings. The highest BCUT2D eigenvalue weighted by Gasteiger charge is 2.18. The van der Waals surface area contributed by atoms with Crippen molar-refractivity contribution in [2.75, 3.05) is 6.61 Å². The fourth-order valence-electron chi connectivity index (χ4n) is 2.16. The van der Waals surface area contributed by atoms with E-state index in [0.29, 0.717) is 17.2 Å². The third-order valence-corrected chi connectivity index (χ3v) is 3.44. The van der Waals surface area contributed by atoms with Crippen molar-refractivity contribution in [3.05, 3.63) is 58.4 Å². The van der Waals surface area contributed by atoms with Gasteiger partial charge >= 0.3 is 0 Å². The molecule has 0 saturated carbocycles. The first-order chi connectivity index (χ1) is 8.75. The van der Waals surface area contributed by atoms with Crippen LogP contribution in [-0.2, 0) is 6.42 Å². The summed E-state index contributed by atoms with van der Waals surface area (Å²) in [5.74, 6) is 0.909. The monoisotopic (exact) mass is 261 g/mol. The summed E-state index contributed by atoms with van der Waals surface area (Å²) in [7, 11) is 0. The maximum atomic E-state index is 10.4.